The number of carbonyl (C=O) groups is 2. The fourth-order valence-corrected chi connectivity index (χ4v) is 4.55. The maximum absolute atomic E-state index is 12.5. The summed E-state index contributed by atoms with van der Waals surface area (Å²) in [6, 6.07) is 7.80. The molecule has 2 amide bonds. The van der Waals surface area contributed by atoms with Crippen LogP contribution in [0.2, 0.25) is 0 Å². The summed E-state index contributed by atoms with van der Waals surface area (Å²) in [5, 5.41) is 15.9. The summed E-state index contributed by atoms with van der Waals surface area (Å²) in [7, 11) is 0. The van der Waals surface area contributed by atoms with Gasteiger partial charge in [0.1, 0.15) is 0 Å². The van der Waals surface area contributed by atoms with Crippen LogP contribution in [0.1, 0.15) is 25.5 Å². The molecule has 0 unspecified atom stereocenters. The van der Waals surface area contributed by atoms with E-state index in [2.05, 4.69) is 25.5 Å². The van der Waals surface area contributed by atoms with Crippen molar-refractivity contribution in [1.82, 2.24) is 14.9 Å². The molecule has 0 atom stereocenters. The lowest BCUT2D eigenvalue weighted by atomic mass is 10.1. The van der Waals surface area contributed by atoms with E-state index in [4.69, 9.17) is 0 Å². The predicted molar refractivity (Wildman–Crippen MR) is 122 cm³/mol. The molecule has 1 aliphatic heterocycles. The number of aromatic nitrogens is 2. The van der Waals surface area contributed by atoms with Crippen molar-refractivity contribution in [3.05, 3.63) is 36.2 Å². The van der Waals surface area contributed by atoms with Crippen LogP contribution in [0.3, 0.4) is 0 Å². The van der Waals surface area contributed by atoms with Crippen molar-refractivity contribution >= 4 is 44.2 Å². The molecule has 0 saturated carbocycles. The van der Waals surface area contributed by atoms with Gasteiger partial charge in [-0.15, -0.1) is 0 Å². The van der Waals surface area contributed by atoms with Crippen molar-refractivity contribution in [2.75, 3.05) is 30.3 Å². The number of carbonyl (C=O) groups excluding carboxylic acids is 2. The normalized spacial score (nSPS) is 15.2. The fraction of sp³-hybridized carbons (Fsp3) is 0.364. The van der Waals surface area contributed by atoms with Gasteiger partial charge in [-0.25, -0.2) is 4.98 Å². The Bertz CT molecular complexity index is 1120. The standard InChI is InChI=1S/C22H25N5O3S/c1-13-19(25-21(30)12-27-7-5-17(29)6-8-27)9-16(11-23-13)15-3-4-18-20(10-15)31-22(26-18)24-14(2)28/h3-4,9-11,17,29H,5-8,12H2,1-2H3,(H,25,30)(H,24,26,28). The van der Waals surface area contributed by atoms with Crippen molar-refractivity contribution in [1.29, 1.82) is 0 Å². The number of pyridine rings is 1. The minimum atomic E-state index is -0.257. The largest absolute Gasteiger partial charge is 0.393 e. The van der Waals surface area contributed by atoms with Gasteiger partial charge in [-0.1, -0.05) is 17.4 Å². The minimum Gasteiger partial charge on any atom is -0.393 e. The van der Waals surface area contributed by atoms with E-state index < -0.39 is 0 Å². The van der Waals surface area contributed by atoms with Gasteiger partial charge >= 0.3 is 0 Å². The first-order valence-corrected chi connectivity index (χ1v) is 11.0. The first-order chi connectivity index (χ1) is 14.9. The molecule has 2 aromatic heterocycles. The van der Waals surface area contributed by atoms with Gasteiger partial charge in [0, 0.05) is 31.8 Å². The minimum absolute atomic E-state index is 0.0868. The van der Waals surface area contributed by atoms with Crippen molar-refractivity contribution in [3.8, 4) is 11.1 Å². The number of rotatable bonds is 5. The maximum Gasteiger partial charge on any atom is 0.238 e. The van der Waals surface area contributed by atoms with Crippen LogP contribution in [0.15, 0.2) is 30.5 Å². The molecule has 1 fully saturated rings. The second-order valence-corrected chi connectivity index (χ2v) is 8.83. The number of aliphatic hydroxyl groups excluding tert-OH is 1. The molecule has 0 aliphatic carbocycles. The number of hydrogen-bond acceptors (Lipinski definition) is 7. The van der Waals surface area contributed by atoms with Gasteiger partial charge in [0.05, 0.1) is 34.2 Å². The van der Waals surface area contributed by atoms with E-state index in [9.17, 15) is 14.7 Å². The van der Waals surface area contributed by atoms with Crippen molar-refractivity contribution in [3.63, 3.8) is 0 Å². The highest BCUT2D eigenvalue weighted by Crippen LogP contribution is 2.31. The number of benzene rings is 1. The average molecular weight is 440 g/mol. The molecule has 162 valence electrons. The maximum atomic E-state index is 12.5. The van der Waals surface area contributed by atoms with E-state index in [1.165, 1.54) is 18.3 Å². The lowest BCUT2D eigenvalue weighted by Crippen LogP contribution is -2.40. The summed E-state index contributed by atoms with van der Waals surface area (Å²) in [5.41, 5.74) is 4.09. The van der Waals surface area contributed by atoms with E-state index in [0.29, 0.717) is 30.2 Å². The van der Waals surface area contributed by atoms with Gasteiger partial charge in [-0.05, 0) is 43.5 Å². The van der Waals surface area contributed by atoms with E-state index in [0.717, 1.165) is 40.1 Å². The molecule has 1 aliphatic rings. The molecule has 3 heterocycles. The van der Waals surface area contributed by atoms with Crippen LogP contribution in [0, 0.1) is 6.92 Å². The highest BCUT2D eigenvalue weighted by Gasteiger charge is 2.19. The highest BCUT2D eigenvalue weighted by molar-refractivity contribution is 7.22. The van der Waals surface area contributed by atoms with Crippen LogP contribution in [0.4, 0.5) is 10.8 Å². The Kier molecular flexibility index (Phi) is 6.26. The van der Waals surface area contributed by atoms with Crippen LogP contribution in [-0.4, -0.2) is 57.5 Å². The number of anilines is 2. The van der Waals surface area contributed by atoms with Gasteiger partial charge < -0.3 is 15.7 Å². The lowest BCUT2D eigenvalue weighted by molar-refractivity contribution is -0.118. The number of aryl methyl sites for hydroxylation is 1. The molecule has 0 spiro atoms. The molecule has 1 aromatic carbocycles. The van der Waals surface area contributed by atoms with Crippen molar-refractivity contribution in [2.45, 2.75) is 32.8 Å². The van der Waals surface area contributed by atoms with Crippen LogP contribution in [0.25, 0.3) is 21.3 Å². The second kappa shape index (κ2) is 9.09. The molecule has 3 N–H and O–H groups in total. The third kappa shape index (κ3) is 5.25. The van der Waals surface area contributed by atoms with Crippen molar-refractivity contribution in [2.24, 2.45) is 0 Å². The van der Waals surface area contributed by atoms with E-state index in [-0.39, 0.29) is 17.9 Å². The van der Waals surface area contributed by atoms with Gasteiger partial charge in [-0.2, -0.15) is 0 Å². The number of amides is 2. The average Bonchev–Trinajstić information content (AvgIpc) is 3.12. The monoisotopic (exact) mass is 439 g/mol. The molecule has 0 bridgehead atoms. The Balaban J connectivity index is 1.50. The molecule has 4 rings (SSSR count). The zero-order valence-corrected chi connectivity index (χ0v) is 18.3. The van der Waals surface area contributed by atoms with Crippen LogP contribution >= 0.6 is 11.3 Å². The van der Waals surface area contributed by atoms with Gasteiger partial charge in [-0.3, -0.25) is 19.5 Å². The zero-order valence-electron chi connectivity index (χ0n) is 17.5. The Labute approximate surface area is 184 Å². The van der Waals surface area contributed by atoms with Crippen LogP contribution < -0.4 is 10.6 Å². The Morgan fingerprint density at radius 1 is 1.19 bits per heavy atom. The molecule has 3 aromatic rings. The zero-order chi connectivity index (χ0) is 22.0. The SMILES string of the molecule is CC(=O)Nc1nc2ccc(-c3cnc(C)c(NC(=O)CN4CCC(O)CC4)c3)cc2s1. The summed E-state index contributed by atoms with van der Waals surface area (Å²) < 4.78 is 0.958. The molecule has 9 heteroatoms. The summed E-state index contributed by atoms with van der Waals surface area (Å²) in [6.45, 7) is 5.07. The Hall–Kier alpha value is -2.88. The third-order valence-corrected chi connectivity index (χ3v) is 6.22. The lowest BCUT2D eigenvalue weighted by Gasteiger charge is -2.28. The van der Waals surface area contributed by atoms with E-state index in [1.807, 2.05) is 31.2 Å². The Morgan fingerprint density at radius 3 is 2.71 bits per heavy atom. The molecule has 0 radical (unpaired) electrons. The molecule has 8 nitrogen and oxygen atoms in total. The van der Waals surface area contributed by atoms with Crippen LogP contribution in [0.5, 0.6) is 0 Å². The number of hydrogen-bond donors (Lipinski definition) is 3. The number of nitrogens with one attached hydrogen (secondary N) is 2. The summed E-state index contributed by atoms with van der Waals surface area (Å²) in [5.74, 6) is -0.237. The third-order valence-electron chi connectivity index (χ3n) is 5.29. The van der Waals surface area contributed by atoms with Gasteiger partial charge in [0.25, 0.3) is 0 Å². The highest BCUT2D eigenvalue weighted by atomic mass is 32.1. The summed E-state index contributed by atoms with van der Waals surface area (Å²) in [4.78, 5) is 34.7. The van der Waals surface area contributed by atoms with E-state index in [1.54, 1.807) is 6.20 Å². The predicted octanol–water partition coefficient (Wildman–Crippen LogP) is 3.02. The topological polar surface area (TPSA) is 107 Å². The number of aliphatic hydroxyl groups is 1. The quantitative estimate of drug-likeness (QED) is 0.564. The van der Waals surface area contributed by atoms with Crippen LogP contribution in [-0.2, 0) is 9.59 Å². The molecular formula is C22H25N5O3S. The number of fused-ring (bicyclic) bond motifs is 1. The number of thiazole rings is 1. The van der Waals surface area contributed by atoms with Gasteiger partial charge in [0.15, 0.2) is 5.13 Å². The van der Waals surface area contributed by atoms with Gasteiger partial charge in [0.2, 0.25) is 11.8 Å². The summed E-state index contributed by atoms with van der Waals surface area (Å²) in [6.07, 6.45) is 2.93. The number of likely N-dealkylation sites (tertiary alicyclic amines) is 1. The van der Waals surface area contributed by atoms with E-state index >= 15 is 0 Å². The summed E-state index contributed by atoms with van der Waals surface area (Å²) >= 11 is 1.42. The Morgan fingerprint density at radius 2 is 1.97 bits per heavy atom. The second-order valence-electron chi connectivity index (χ2n) is 7.80. The van der Waals surface area contributed by atoms with Crippen molar-refractivity contribution < 1.29 is 14.7 Å². The first kappa shape index (κ1) is 21.4. The fourth-order valence-electron chi connectivity index (χ4n) is 3.60. The molecular weight excluding hydrogens is 414 g/mol. The first-order valence-electron chi connectivity index (χ1n) is 10.2. The molecule has 1 saturated heterocycles. The smallest absolute Gasteiger partial charge is 0.238 e. The number of piperidine rings is 1. The number of nitrogens with zero attached hydrogens (tertiary/aromatic N) is 3. The molecule has 31 heavy (non-hydrogen) atoms.